The number of hydrogen-bond donors (Lipinski definition) is 2. The van der Waals surface area contributed by atoms with Crippen LogP contribution in [0.15, 0.2) is 30.9 Å². The molecule has 0 spiro atoms. The Hall–Kier alpha value is -2.90. The quantitative estimate of drug-likeness (QED) is 0.755. The Morgan fingerprint density at radius 3 is 2.96 bits per heavy atom. The molecule has 2 atom stereocenters. The van der Waals surface area contributed by atoms with E-state index in [4.69, 9.17) is 0 Å². The van der Waals surface area contributed by atoms with Crippen LogP contribution in [0.2, 0.25) is 0 Å². The predicted octanol–water partition coefficient (Wildman–Crippen LogP) is 1.08. The SMILES string of the molecule is CN1C(=O)C[C@@H](Nc2ncnc3[nH]ccc23)[C@@H]1c1ccnn1C. The first-order chi connectivity index (χ1) is 11.1. The summed E-state index contributed by atoms with van der Waals surface area (Å²) in [7, 11) is 3.71. The molecule has 0 bridgehead atoms. The van der Waals surface area contributed by atoms with Crippen LogP contribution in [0.1, 0.15) is 18.2 Å². The fourth-order valence-corrected chi connectivity index (χ4v) is 3.24. The molecule has 4 rings (SSSR count). The minimum atomic E-state index is -0.0843. The summed E-state index contributed by atoms with van der Waals surface area (Å²) in [6, 6.07) is 3.72. The monoisotopic (exact) mass is 311 g/mol. The molecule has 3 aromatic rings. The maximum atomic E-state index is 12.2. The molecule has 0 unspecified atom stereocenters. The normalized spacial score (nSPS) is 21.3. The maximum Gasteiger partial charge on any atom is 0.225 e. The van der Waals surface area contributed by atoms with E-state index in [0.717, 1.165) is 22.5 Å². The molecule has 1 amide bonds. The van der Waals surface area contributed by atoms with Gasteiger partial charge in [-0.05, 0) is 12.1 Å². The molecule has 0 saturated carbocycles. The van der Waals surface area contributed by atoms with Gasteiger partial charge in [-0.3, -0.25) is 9.48 Å². The number of carbonyl (C=O) groups excluding carboxylic acids is 1. The van der Waals surface area contributed by atoms with Gasteiger partial charge in [0.15, 0.2) is 0 Å². The number of hydrogen-bond acceptors (Lipinski definition) is 5. The summed E-state index contributed by atoms with van der Waals surface area (Å²) >= 11 is 0. The van der Waals surface area contributed by atoms with Crippen LogP contribution in [0.25, 0.3) is 11.0 Å². The van der Waals surface area contributed by atoms with Crippen molar-refractivity contribution in [1.82, 2.24) is 29.6 Å². The fourth-order valence-electron chi connectivity index (χ4n) is 3.24. The van der Waals surface area contributed by atoms with Crippen molar-refractivity contribution in [1.29, 1.82) is 0 Å². The Morgan fingerprint density at radius 2 is 2.17 bits per heavy atom. The molecule has 8 nitrogen and oxygen atoms in total. The molecule has 1 aliphatic heterocycles. The number of nitrogens with one attached hydrogen (secondary N) is 2. The zero-order valence-corrected chi connectivity index (χ0v) is 12.9. The molecule has 1 saturated heterocycles. The third-order valence-corrected chi connectivity index (χ3v) is 4.42. The highest BCUT2D eigenvalue weighted by molar-refractivity contribution is 5.88. The third-order valence-electron chi connectivity index (χ3n) is 4.42. The second-order valence-corrected chi connectivity index (χ2v) is 5.75. The Labute approximate surface area is 132 Å². The van der Waals surface area contributed by atoms with Gasteiger partial charge in [0.2, 0.25) is 5.91 Å². The van der Waals surface area contributed by atoms with E-state index >= 15 is 0 Å². The summed E-state index contributed by atoms with van der Waals surface area (Å²) in [5.41, 5.74) is 1.77. The van der Waals surface area contributed by atoms with Gasteiger partial charge < -0.3 is 15.2 Å². The highest BCUT2D eigenvalue weighted by atomic mass is 16.2. The lowest BCUT2D eigenvalue weighted by Gasteiger charge is -2.26. The number of likely N-dealkylation sites (tertiary alicyclic amines) is 1. The molecule has 3 aromatic heterocycles. The summed E-state index contributed by atoms with van der Waals surface area (Å²) in [5, 5.41) is 8.56. The summed E-state index contributed by atoms with van der Waals surface area (Å²) in [6.45, 7) is 0. The van der Waals surface area contributed by atoms with Crippen LogP contribution in [0, 0.1) is 0 Å². The number of anilines is 1. The second kappa shape index (κ2) is 5.08. The lowest BCUT2D eigenvalue weighted by Crippen LogP contribution is -2.31. The summed E-state index contributed by atoms with van der Waals surface area (Å²) in [4.78, 5) is 25.6. The van der Waals surface area contributed by atoms with Crippen molar-refractivity contribution >= 4 is 22.8 Å². The number of H-pyrrole nitrogens is 1. The van der Waals surface area contributed by atoms with Crippen LogP contribution in [0.3, 0.4) is 0 Å². The van der Waals surface area contributed by atoms with Gasteiger partial charge in [0.1, 0.15) is 17.8 Å². The number of carbonyl (C=O) groups is 1. The zero-order chi connectivity index (χ0) is 16.0. The Kier molecular flexibility index (Phi) is 3.03. The summed E-state index contributed by atoms with van der Waals surface area (Å²) in [5.74, 6) is 0.838. The molecule has 0 aromatic carbocycles. The smallest absolute Gasteiger partial charge is 0.225 e. The number of aromatic nitrogens is 5. The average Bonchev–Trinajstić information content (AvgIpc) is 3.22. The molecule has 4 heterocycles. The first-order valence-corrected chi connectivity index (χ1v) is 7.43. The van der Waals surface area contributed by atoms with E-state index in [9.17, 15) is 4.79 Å². The van der Waals surface area contributed by atoms with Crippen LogP contribution in [-0.4, -0.2) is 48.6 Å². The van der Waals surface area contributed by atoms with Crippen molar-refractivity contribution < 1.29 is 4.79 Å². The van der Waals surface area contributed by atoms with E-state index in [0.29, 0.717) is 6.42 Å². The average molecular weight is 311 g/mol. The van der Waals surface area contributed by atoms with E-state index in [-0.39, 0.29) is 18.0 Å². The number of amides is 1. The number of likely N-dealkylation sites (N-methyl/N-ethyl adjacent to an activating group) is 1. The predicted molar refractivity (Wildman–Crippen MR) is 84.6 cm³/mol. The molecule has 0 radical (unpaired) electrons. The van der Waals surface area contributed by atoms with E-state index < -0.39 is 0 Å². The highest BCUT2D eigenvalue weighted by Gasteiger charge is 2.40. The van der Waals surface area contributed by atoms with E-state index in [1.165, 1.54) is 6.33 Å². The van der Waals surface area contributed by atoms with Gasteiger partial charge in [-0.2, -0.15) is 5.10 Å². The van der Waals surface area contributed by atoms with Crippen molar-refractivity contribution in [2.24, 2.45) is 7.05 Å². The first kappa shape index (κ1) is 13.7. The van der Waals surface area contributed by atoms with Gasteiger partial charge in [-0.15, -0.1) is 0 Å². The largest absolute Gasteiger partial charge is 0.364 e. The Morgan fingerprint density at radius 1 is 1.30 bits per heavy atom. The number of aromatic amines is 1. The molecule has 0 aliphatic carbocycles. The minimum Gasteiger partial charge on any atom is -0.364 e. The maximum absolute atomic E-state index is 12.2. The molecule has 8 heteroatoms. The van der Waals surface area contributed by atoms with Gasteiger partial charge >= 0.3 is 0 Å². The van der Waals surface area contributed by atoms with Gasteiger partial charge in [-0.1, -0.05) is 0 Å². The second-order valence-electron chi connectivity index (χ2n) is 5.75. The van der Waals surface area contributed by atoms with Gasteiger partial charge in [0.05, 0.1) is 23.2 Å². The number of aryl methyl sites for hydroxylation is 1. The molecule has 118 valence electrons. The van der Waals surface area contributed by atoms with E-state index in [1.54, 1.807) is 15.8 Å². The number of rotatable bonds is 3. The van der Waals surface area contributed by atoms with E-state index in [2.05, 4.69) is 25.4 Å². The topological polar surface area (TPSA) is 91.7 Å². The zero-order valence-electron chi connectivity index (χ0n) is 12.9. The van der Waals surface area contributed by atoms with Crippen LogP contribution < -0.4 is 5.32 Å². The molecule has 23 heavy (non-hydrogen) atoms. The van der Waals surface area contributed by atoms with Crippen molar-refractivity contribution in [3.05, 3.63) is 36.5 Å². The van der Waals surface area contributed by atoms with Crippen LogP contribution in [0.5, 0.6) is 0 Å². The lowest BCUT2D eigenvalue weighted by atomic mass is 10.1. The first-order valence-electron chi connectivity index (χ1n) is 7.43. The van der Waals surface area contributed by atoms with Gasteiger partial charge in [0.25, 0.3) is 0 Å². The van der Waals surface area contributed by atoms with Crippen molar-refractivity contribution in [2.75, 3.05) is 12.4 Å². The molecular formula is C15H17N7O. The molecule has 2 N–H and O–H groups in total. The molecular weight excluding hydrogens is 294 g/mol. The number of nitrogens with zero attached hydrogens (tertiary/aromatic N) is 5. The molecule has 1 aliphatic rings. The van der Waals surface area contributed by atoms with Gasteiger partial charge in [0, 0.05) is 32.9 Å². The van der Waals surface area contributed by atoms with Gasteiger partial charge in [-0.25, -0.2) is 9.97 Å². The minimum absolute atomic E-state index is 0.0732. The van der Waals surface area contributed by atoms with Crippen molar-refractivity contribution in [3.8, 4) is 0 Å². The number of fused-ring (bicyclic) bond motifs is 1. The van der Waals surface area contributed by atoms with Crippen LogP contribution in [-0.2, 0) is 11.8 Å². The van der Waals surface area contributed by atoms with Crippen LogP contribution in [0.4, 0.5) is 5.82 Å². The third kappa shape index (κ3) is 2.14. The summed E-state index contributed by atoms with van der Waals surface area (Å²) < 4.78 is 1.81. The van der Waals surface area contributed by atoms with Crippen LogP contribution >= 0.6 is 0 Å². The standard InChI is InChI=1S/C15H17N7O/c1-21-12(23)7-10(13(21)11-4-6-19-22(11)2)20-15-9-3-5-16-14(9)17-8-18-15/h3-6,8,10,13H,7H2,1-2H3,(H2,16,17,18,20)/t10-,13-/m1/s1. The fraction of sp³-hybridized carbons (Fsp3) is 0.333. The summed E-state index contributed by atoms with van der Waals surface area (Å²) in [6.07, 6.45) is 5.51. The molecule has 1 fully saturated rings. The lowest BCUT2D eigenvalue weighted by molar-refractivity contribution is -0.127. The Bertz CT molecular complexity index is 867. The van der Waals surface area contributed by atoms with Crippen molar-refractivity contribution in [3.63, 3.8) is 0 Å². The van der Waals surface area contributed by atoms with E-state index in [1.807, 2.05) is 32.4 Å². The van der Waals surface area contributed by atoms with Crippen molar-refractivity contribution in [2.45, 2.75) is 18.5 Å². The highest BCUT2D eigenvalue weighted by Crippen LogP contribution is 2.34. The Balaban J connectivity index is 1.71.